The summed E-state index contributed by atoms with van der Waals surface area (Å²) in [5, 5.41) is 10.1. The Morgan fingerprint density at radius 1 is 1.25 bits per heavy atom. The van der Waals surface area contributed by atoms with E-state index < -0.39 is 10.0 Å². The molecule has 0 aliphatic carbocycles. The molecule has 0 saturated carbocycles. The summed E-state index contributed by atoms with van der Waals surface area (Å²) < 4.78 is 43.9. The average Bonchev–Trinajstić information content (AvgIpc) is 3.30. The number of hydrogen-bond acceptors (Lipinski definition) is 7. The number of phenols is 1. The monoisotopic (exact) mass is 411 g/mol. The van der Waals surface area contributed by atoms with E-state index >= 15 is 0 Å². The molecule has 2 aromatic rings. The van der Waals surface area contributed by atoms with E-state index in [0.29, 0.717) is 24.6 Å². The Hall–Kier alpha value is -2.30. The third kappa shape index (κ3) is 3.80. The maximum absolute atomic E-state index is 12.3. The van der Waals surface area contributed by atoms with Gasteiger partial charge >= 0.3 is 0 Å². The van der Waals surface area contributed by atoms with Gasteiger partial charge in [0.1, 0.15) is 5.82 Å². The van der Waals surface area contributed by atoms with E-state index in [0.717, 1.165) is 0 Å². The lowest BCUT2D eigenvalue weighted by molar-refractivity contribution is 0.182. The standard InChI is InChI=1S/C18H25N3O6S/c1-20(2)28(23,24)11-13-9-27-10-14(13)21-6-5-19-18(21)12-7-15(25-3)17(22)16(8-12)26-4/h5-8,13-14,22H,9-11H2,1-4H3/t13-,14-/m1/s1. The average molecular weight is 411 g/mol. The molecular weight excluding hydrogens is 386 g/mol. The van der Waals surface area contributed by atoms with Crippen molar-refractivity contribution >= 4 is 10.0 Å². The van der Waals surface area contributed by atoms with E-state index in [9.17, 15) is 13.5 Å². The van der Waals surface area contributed by atoms with Crippen LogP contribution in [0, 0.1) is 5.92 Å². The first-order valence-corrected chi connectivity index (χ1v) is 10.4. The van der Waals surface area contributed by atoms with Gasteiger partial charge in [-0.1, -0.05) is 0 Å². The molecule has 1 N–H and O–H groups in total. The number of aromatic hydroxyl groups is 1. The highest BCUT2D eigenvalue weighted by molar-refractivity contribution is 7.89. The third-order valence-electron chi connectivity index (χ3n) is 4.91. The minimum Gasteiger partial charge on any atom is -0.502 e. The molecule has 2 atom stereocenters. The zero-order valence-electron chi connectivity index (χ0n) is 16.3. The van der Waals surface area contributed by atoms with Crippen LogP contribution >= 0.6 is 0 Å². The first-order chi connectivity index (χ1) is 13.3. The van der Waals surface area contributed by atoms with Crippen LogP contribution in [0.15, 0.2) is 24.5 Å². The molecule has 0 radical (unpaired) electrons. The van der Waals surface area contributed by atoms with Crippen LogP contribution in [0.4, 0.5) is 0 Å². The highest BCUT2D eigenvalue weighted by Crippen LogP contribution is 2.41. The molecule has 1 saturated heterocycles. The number of aromatic nitrogens is 2. The lowest BCUT2D eigenvalue weighted by Gasteiger charge is -2.23. The fourth-order valence-corrected chi connectivity index (χ4v) is 4.46. The summed E-state index contributed by atoms with van der Waals surface area (Å²) in [6, 6.07) is 3.15. The fraction of sp³-hybridized carbons (Fsp3) is 0.500. The number of hydrogen-bond donors (Lipinski definition) is 1. The lowest BCUT2D eigenvalue weighted by Crippen LogP contribution is -2.32. The van der Waals surface area contributed by atoms with Crippen LogP contribution in [-0.4, -0.2) is 74.7 Å². The van der Waals surface area contributed by atoms with Gasteiger partial charge in [-0.15, -0.1) is 0 Å². The van der Waals surface area contributed by atoms with E-state index in [-0.39, 0.29) is 35.0 Å². The Morgan fingerprint density at radius 2 is 1.89 bits per heavy atom. The second-order valence-corrected chi connectivity index (χ2v) is 9.04. The van der Waals surface area contributed by atoms with Gasteiger partial charge in [0.2, 0.25) is 15.8 Å². The number of ether oxygens (including phenoxy) is 3. The van der Waals surface area contributed by atoms with Gasteiger partial charge in [-0.2, -0.15) is 0 Å². The van der Waals surface area contributed by atoms with E-state index in [1.165, 1.54) is 32.6 Å². The van der Waals surface area contributed by atoms with Crippen LogP contribution < -0.4 is 9.47 Å². The van der Waals surface area contributed by atoms with E-state index in [4.69, 9.17) is 14.2 Å². The van der Waals surface area contributed by atoms with Crippen molar-refractivity contribution in [2.75, 3.05) is 47.3 Å². The van der Waals surface area contributed by atoms with E-state index in [1.54, 1.807) is 24.5 Å². The van der Waals surface area contributed by atoms with Gasteiger partial charge in [0.15, 0.2) is 11.5 Å². The van der Waals surface area contributed by atoms with Crippen molar-refractivity contribution in [3.63, 3.8) is 0 Å². The Labute approximate surface area is 164 Å². The predicted molar refractivity (Wildman–Crippen MR) is 103 cm³/mol. The van der Waals surface area contributed by atoms with E-state index in [1.807, 2.05) is 4.57 Å². The molecule has 3 rings (SSSR count). The van der Waals surface area contributed by atoms with Gasteiger partial charge in [0.25, 0.3) is 0 Å². The number of sulfonamides is 1. The quantitative estimate of drug-likeness (QED) is 0.734. The first kappa shape index (κ1) is 20.4. The van der Waals surface area contributed by atoms with Crippen LogP contribution in [-0.2, 0) is 14.8 Å². The molecule has 2 heterocycles. The van der Waals surface area contributed by atoms with Crippen molar-refractivity contribution in [3.8, 4) is 28.6 Å². The minimum atomic E-state index is -3.36. The van der Waals surface area contributed by atoms with Gasteiger partial charge in [0.05, 0.1) is 39.2 Å². The summed E-state index contributed by atoms with van der Waals surface area (Å²) in [7, 11) is 2.60. The molecule has 154 valence electrons. The SMILES string of the molecule is COc1cc(-c2nccn2[C@@H]2COC[C@@H]2CS(=O)(=O)N(C)C)cc(OC)c1O. The zero-order chi connectivity index (χ0) is 20.5. The normalized spacial score (nSPS) is 19.9. The van der Waals surface area contributed by atoms with Crippen LogP contribution in [0.3, 0.4) is 0 Å². The Bertz CT molecular complexity index is 916. The number of nitrogens with zero attached hydrogens (tertiary/aromatic N) is 3. The second kappa shape index (κ2) is 7.98. The molecule has 28 heavy (non-hydrogen) atoms. The maximum atomic E-state index is 12.3. The topological polar surface area (TPSA) is 103 Å². The third-order valence-corrected chi connectivity index (χ3v) is 6.87. The molecule has 1 aliphatic rings. The summed E-state index contributed by atoms with van der Waals surface area (Å²) in [6.07, 6.45) is 3.45. The van der Waals surface area contributed by atoms with Crippen molar-refractivity contribution in [3.05, 3.63) is 24.5 Å². The van der Waals surface area contributed by atoms with Crippen molar-refractivity contribution in [1.82, 2.24) is 13.9 Å². The molecule has 0 unspecified atom stereocenters. The number of methoxy groups -OCH3 is 2. The molecule has 10 heteroatoms. The first-order valence-electron chi connectivity index (χ1n) is 8.74. The predicted octanol–water partition coefficient (Wildman–Crippen LogP) is 1.35. The van der Waals surface area contributed by atoms with Gasteiger partial charge in [-0.25, -0.2) is 17.7 Å². The van der Waals surface area contributed by atoms with Gasteiger partial charge in [-0.3, -0.25) is 0 Å². The summed E-state index contributed by atoms with van der Waals surface area (Å²) in [4.78, 5) is 4.43. The molecule has 0 bridgehead atoms. The fourth-order valence-electron chi connectivity index (χ4n) is 3.30. The van der Waals surface area contributed by atoms with Gasteiger partial charge in [-0.05, 0) is 12.1 Å². The minimum absolute atomic E-state index is 0.00942. The van der Waals surface area contributed by atoms with Crippen molar-refractivity contribution in [1.29, 1.82) is 0 Å². The van der Waals surface area contributed by atoms with Crippen molar-refractivity contribution in [2.45, 2.75) is 6.04 Å². The Morgan fingerprint density at radius 3 is 2.46 bits per heavy atom. The number of phenolic OH excluding ortho intramolecular Hbond substituents is 1. The molecule has 1 aliphatic heterocycles. The van der Waals surface area contributed by atoms with Crippen LogP contribution in [0.1, 0.15) is 6.04 Å². The molecule has 1 aromatic heterocycles. The number of rotatable bonds is 7. The molecule has 9 nitrogen and oxygen atoms in total. The van der Waals surface area contributed by atoms with Gasteiger partial charge < -0.3 is 23.9 Å². The highest BCUT2D eigenvalue weighted by Gasteiger charge is 2.35. The highest BCUT2D eigenvalue weighted by atomic mass is 32.2. The number of benzene rings is 1. The van der Waals surface area contributed by atoms with Crippen molar-refractivity contribution in [2.24, 2.45) is 5.92 Å². The lowest BCUT2D eigenvalue weighted by atomic mass is 10.1. The smallest absolute Gasteiger partial charge is 0.214 e. The van der Waals surface area contributed by atoms with E-state index in [2.05, 4.69) is 4.98 Å². The molecule has 0 amide bonds. The van der Waals surface area contributed by atoms with Crippen LogP contribution in [0.5, 0.6) is 17.2 Å². The zero-order valence-corrected chi connectivity index (χ0v) is 17.1. The summed E-state index contributed by atoms with van der Waals surface area (Å²) in [5.74, 6) is 0.827. The van der Waals surface area contributed by atoms with Gasteiger partial charge in [0, 0.05) is 38.0 Å². The molecule has 1 aromatic carbocycles. The Balaban J connectivity index is 1.98. The second-order valence-electron chi connectivity index (χ2n) is 6.81. The molecule has 1 fully saturated rings. The number of imidazole rings is 1. The van der Waals surface area contributed by atoms with Crippen LogP contribution in [0.2, 0.25) is 0 Å². The van der Waals surface area contributed by atoms with Crippen molar-refractivity contribution < 1.29 is 27.7 Å². The van der Waals surface area contributed by atoms with Crippen LogP contribution in [0.25, 0.3) is 11.4 Å². The maximum Gasteiger partial charge on any atom is 0.214 e. The summed E-state index contributed by atoms with van der Waals surface area (Å²) in [6.45, 7) is 0.751. The largest absolute Gasteiger partial charge is 0.502 e. The summed E-state index contributed by atoms with van der Waals surface area (Å²) in [5.41, 5.74) is 0.678. The molecular formula is C18H25N3O6S. The Kier molecular flexibility index (Phi) is 5.82. The molecule has 0 spiro atoms. The summed E-state index contributed by atoms with van der Waals surface area (Å²) >= 11 is 0.